The van der Waals surface area contributed by atoms with Gasteiger partial charge in [0.2, 0.25) is 0 Å². The highest BCUT2D eigenvalue weighted by Crippen LogP contribution is 2.42. The molecule has 0 spiro atoms. The van der Waals surface area contributed by atoms with Crippen LogP contribution in [0.15, 0.2) is 23.6 Å². The van der Waals surface area contributed by atoms with Crippen LogP contribution < -0.4 is 11.1 Å². The van der Waals surface area contributed by atoms with E-state index in [1.807, 2.05) is 13.0 Å². The van der Waals surface area contributed by atoms with Crippen molar-refractivity contribution in [2.75, 3.05) is 18.5 Å². The summed E-state index contributed by atoms with van der Waals surface area (Å²) in [5.41, 5.74) is 9.18. The molecule has 0 aliphatic carbocycles. The second-order valence-electron chi connectivity index (χ2n) is 6.45. The van der Waals surface area contributed by atoms with Crippen molar-refractivity contribution in [3.63, 3.8) is 0 Å². The van der Waals surface area contributed by atoms with Crippen LogP contribution in [0.2, 0.25) is 5.15 Å². The van der Waals surface area contributed by atoms with E-state index in [0.717, 1.165) is 41.0 Å². The van der Waals surface area contributed by atoms with Gasteiger partial charge in [-0.2, -0.15) is 0 Å². The first kappa shape index (κ1) is 18.7. The summed E-state index contributed by atoms with van der Waals surface area (Å²) in [7, 11) is 0. The summed E-state index contributed by atoms with van der Waals surface area (Å²) in [6.07, 6.45) is 0.901. The maximum atomic E-state index is 6.36. The molecule has 27 heavy (non-hydrogen) atoms. The van der Waals surface area contributed by atoms with Crippen LogP contribution in [0.1, 0.15) is 34.6 Å². The number of rotatable bonds is 4. The molecule has 0 saturated carbocycles. The van der Waals surface area contributed by atoms with Gasteiger partial charge in [-0.05, 0) is 24.8 Å². The summed E-state index contributed by atoms with van der Waals surface area (Å²) in [5.74, 6) is 6.52. The van der Waals surface area contributed by atoms with E-state index in [1.54, 1.807) is 22.7 Å². The number of hydrogen-bond donors (Lipinski definition) is 2. The number of nitrogens with one attached hydrogen (secondary N) is 1. The molecular weight excluding hydrogens is 398 g/mol. The third kappa shape index (κ3) is 3.84. The maximum absolute atomic E-state index is 6.36. The third-order valence-corrected chi connectivity index (χ3v) is 7.07. The lowest BCUT2D eigenvalue weighted by Gasteiger charge is -2.28. The highest BCUT2D eigenvalue weighted by atomic mass is 35.5. The van der Waals surface area contributed by atoms with E-state index in [0.29, 0.717) is 11.8 Å². The SMILES string of the molecule is CC#Cc1c([C@@H]2CCOC[C@H]2N)sc2c(NCc3cccs3)cc(Cl)nc12. The Labute approximate surface area is 171 Å². The number of nitrogens with two attached hydrogens (primary N) is 1. The molecule has 0 aromatic carbocycles. The first-order chi connectivity index (χ1) is 13.2. The monoisotopic (exact) mass is 417 g/mol. The van der Waals surface area contributed by atoms with Crippen molar-refractivity contribution in [1.82, 2.24) is 4.98 Å². The van der Waals surface area contributed by atoms with Gasteiger partial charge in [0.1, 0.15) is 10.7 Å². The fraction of sp³-hybridized carbons (Fsp3) is 0.350. The molecule has 0 bridgehead atoms. The average molecular weight is 418 g/mol. The Bertz CT molecular complexity index is 1000. The van der Waals surface area contributed by atoms with E-state index in [2.05, 4.69) is 39.7 Å². The lowest BCUT2D eigenvalue weighted by Crippen LogP contribution is -2.37. The van der Waals surface area contributed by atoms with Gasteiger partial charge in [-0.1, -0.05) is 23.6 Å². The Morgan fingerprint density at radius 3 is 3.11 bits per heavy atom. The molecule has 4 heterocycles. The van der Waals surface area contributed by atoms with Gasteiger partial charge >= 0.3 is 0 Å². The molecule has 3 aromatic rings. The van der Waals surface area contributed by atoms with Crippen LogP contribution in [-0.2, 0) is 11.3 Å². The van der Waals surface area contributed by atoms with Gasteiger partial charge in [0.15, 0.2) is 0 Å². The van der Waals surface area contributed by atoms with Crippen molar-refractivity contribution < 1.29 is 4.74 Å². The van der Waals surface area contributed by atoms with Crippen LogP contribution >= 0.6 is 34.3 Å². The van der Waals surface area contributed by atoms with Crippen LogP contribution in [0.3, 0.4) is 0 Å². The Kier molecular flexibility index (Phi) is 5.67. The number of pyridine rings is 1. The zero-order valence-electron chi connectivity index (χ0n) is 14.9. The average Bonchev–Trinajstić information content (AvgIpc) is 3.29. The van der Waals surface area contributed by atoms with Crippen molar-refractivity contribution >= 4 is 50.2 Å². The quantitative estimate of drug-likeness (QED) is 0.471. The Balaban J connectivity index is 1.80. The molecule has 3 aromatic heterocycles. The van der Waals surface area contributed by atoms with E-state index in [9.17, 15) is 0 Å². The summed E-state index contributed by atoms with van der Waals surface area (Å²) >= 11 is 9.80. The van der Waals surface area contributed by atoms with E-state index < -0.39 is 0 Å². The Hall–Kier alpha value is -1.62. The molecule has 0 radical (unpaired) electrons. The smallest absolute Gasteiger partial charge is 0.131 e. The Morgan fingerprint density at radius 1 is 1.48 bits per heavy atom. The minimum atomic E-state index is -0.0257. The predicted octanol–water partition coefficient (Wildman–Crippen LogP) is 4.83. The highest BCUT2D eigenvalue weighted by Gasteiger charge is 2.29. The number of thiophene rings is 2. The van der Waals surface area contributed by atoms with Gasteiger partial charge in [0.25, 0.3) is 0 Å². The molecule has 4 nitrogen and oxygen atoms in total. The highest BCUT2D eigenvalue weighted by molar-refractivity contribution is 7.20. The van der Waals surface area contributed by atoms with Crippen LogP contribution in [-0.4, -0.2) is 24.2 Å². The van der Waals surface area contributed by atoms with Gasteiger partial charge in [-0.25, -0.2) is 4.98 Å². The van der Waals surface area contributed by atoms with Crippen molar-refractivity contribution in [2.24, 2.45) is 5.73 Å². The summed E-state index contributed by atoms with van der Waals surface area (Å²) in [6.45, 7) is 3.91. The van der Waals surface area contributed by atoms with Crippen LogP contribution in [0.4, 0.5) is 5.69 Å². The predicted molar refractivity (Wildman–Crippen MR) is 115 cm³/mol. The first-order valence-electron chi connectivity index (χ1n) is 8.82. The number of aromatic nitrogens is 1. The van der Waals surface area contributed by atoms with Crippen molar-refractivity contribution in [3.8, 4) is 11.8 Å². The van der Waals surface area contributed by atoms with E-state index >= 15 is 0 Å². The molecule has 7 heteroatoms. The molecule has 1 saturated heterocycles. The van der Waals surface area contributed by atoms with Crippen LogP contribution in [0.25, 0.3) is 10.2 Å². The van der Waals surface area contributed by atoms with Crippen molar-refractivity contribution in [1.29, 1.82) is 0 Å². The molecular formula is C20H20ClN3OS2. The number of hydrogen-bond acceptors (Lipinski definition) is 6. The molecule has 1 aliphatic rings. The molecule has 140 valence electrons. The van der Waals surface area contributed by atoms with Gasteiger partial charge in [0, 0.05) is 40.9 Å². The lowest BCUT2D eigenvalue weighted by molar-refractivity contribution is 0.0703. The summed E-state index contributed by atoms with van der Waals surface area (Å²) in [6, 6.07) is 6.04. The fourth-order valence-electron chi connectivity index (χ4n) is 3.37. The molecule has 3 N–H and O–H groups in total. The maximum Gasteiger partial charge on any atom is 0.131 e. The molecule has 1 fully saturated rings. The number of halogens is 1. The van der Waals surface area contributed by atoms with Crippen LogP contribution in [0.5, 0.6) is 0 Å². The number of ether oxygens (including phenoxy) is 1. The number of fused-ring (bicyclic) bond motifs is 1. The van der Waals surface area contributed by atoms with E-state index in [4.69, 9.17) is 22.1 Å². The minimum absolute atomic E-state index is 0.0257. The van der Waals surface area contributed by atoms with Gasteiger partial charge in [-0.15, -0.1) is 28.6 Å². The largest absolute Gasteiger partial charge is 0.380 e. The van der Waals surface area contributed by atoms with E-state index in [1.165, 1.54) is 9.75 Å². The normalized spacial score (nSPS) is 19.7. The van der Waals surface area contributed by atoms with Gasteiger partial charge < -0.3 is 15.8 Å². The fourth-order valence-corrected chi connectivity index (χ4v) is 5.61. The van der Waals surface area contributed by atoms with Crippen LogP contribution in [0, 0.1) is 11.8 Å². The topological polar surface area (TPSA) is 60.2 Å². The third-order valence-electron chi connectivity index (χ3n) is 4.66. The summed E-state index contributed by atoms with van der Waals surface area (Å²) in [4.78, 5) is 7.07. The molecule has 0 amide bonds. The lowest BCUT2D eigenvalue weighted by atomic mass is 9.91. The van der Waals surface area contributed by atoms with Crippen molar-refractivity contribution in [2.45, 2.75) is 31.8 Å². The molecule has 2 atom stereocenters. The molecule has 1 aliphatic heterocycles. The van der Waals surface area contributed by atoms with Gasteiger partial charge in [-0.3, -0.25) is 0 Å². The minimum Gasteiger partial charge on any atom is -0.380 e. The standard InChI is InChI=1S/C20H20ClN3OS2/c1-2-4-14-18-20(27-19(14)13-6-7-25-11-15(13)22)16(9-17(21)24-18)23-10-12-5-3-8-26-12/h3,5,8-9,13,15H,6-7,10-11,22H2,1H3,(H,23,24)/t13-,15-/m1/s1. The number of anilines is 1. The van der Waals surface area contributed by atoms with Gasteiger partial charge in [0.05, 0.1) is 22.6 Å². The van der Waals surface area contributed by atoms with Crippen molar-refractivity contribution in [3.05, 3.63) is 44.1 Å². The second-order valence-corrected chi connectivity index (χ2v) is 8.93. The first-order valence-corrected chi connectivity index (χ1v) is 10.9. The summed E-state index contributed by atoms with van der Waals surface area (Å²) in [5, 5.41) is 6.07. The second kappa shape index (κ2) is 8.17. The summed E-state index contributed by atoms with van der Waals surface area (Å²) < 4.78 is 6.61. The molecule has 0 unspecified atom stereocenters. The van der Waals surface area contributed by atoms with E-state index in [-0.39, 0.29) is 12.0 Å². The molecule has 4 rings (SSSR count). The zero-order valence-corrected chi connectivity index (χ0v) is 17.3. The number of nitrogens with zero attached hydrogens (tertiary/aromatic N) is 1. The Morgan fingerprint density at radius 2 is 2.37 bits per heavy atom. The zero-order chi connectivity index (χ0) is 18.8.